The molecule has 0 aliphatic carbocycles. The highest BCUT2D eigenvalue weighted by molar-refractivity contribution is 7.10. The van der Waals surface area contributed by atoms with E-state index in [4.69, 9.17) is 0 Å². The van der Waals surface area contributed by atoms with E-state index >= 15 is 0 Å². The highest BCUT2D eigenvalue weighted by Crippen LogP contribution is 2.25. The normalized spacial score (nSPS) is 12.7. The number of aliphatic hydroxyl groups excluding tert-OH is 1. The summed E-state index contributed by atoms with van der Waals surface area (Å²) in [6, 6.07) is 5.84. The molecule has 3 heteroatoms. The van der Waals surface area contributed by atoms with Gasteiger partial charge in [-0.15, -0.1) is 11.3 Å². The van der Waals surface area contributed by atoms with Gasteiger partial charge in [0.1, 0.15) is 6.10 Å². The minimum Gasteiger partial charge on any atom is -0.384 e. The molecule has 2 aromatic heterocycles. The van der Waals surface area contributed by atoms with Crippen LogP contribution in [0, 0.1) is 13.8 Å². The third-order valence-corrected chi connectivity index (χ3v) is 3.20. The highest BCUT2D eigenvalue weighted by atomic mass is 32.1. The zero-order valence-corrected chi connectivity index (χ0v) is 9.58. The molecule has 0 aliphatic heterocycles. The fourth-order valence-electron chi connectivity index (χ4n) is 1.44. The number of rotatable bonds is 2. The summed E-state index contributed by atoms with van der Waals surface area (Å²) in [5, 5.41) is 12.0. The minimum absolute atomic E-state index is 0.553. The smallest absolute Gasteiger partial charge is 0.106 e. The molecule has 1 unspecified atom stereocenters. The summed E-state index contributed by atoms with van der Waals surface area (Å²) >= 11 is 1.65. The Hall–Kier alpha value is -1.19. The van der Waals surface area contributed by atoms with E-state index in [1.54, 1.807) is 17.5 Å². The Labute approximate surface area is 93.2 Å². The van der Waals surface area contributed by atoms with Crippen molar-refractivity contribution >= 4 is 11.3 Å². The van der Waals surface area contributed by atoms with Crippen molar-refractivity contribution in [2.45, 2.75) is 20.0 Å². The van der Waals surface area contributed by atoms with Gasteiger partial charge in [0.2, 0.25) is 0 Å². The molecule has 2 heterocycles. The van der Waals surface area contributed by atoms with Crippen LogP contribution in [0.4, 0.5) is 0 Å². The second-order valence-electron chi connectivity index (χ2n) is 3.63. The molecule has 0 bridgehead atoms. The predicted molar refractivity (Wildman–Crippen MR) is 62.1 cm³/mol. The van der Waals surface area contributed by atoms with Crippen LogP contribution in [-0.2, 0) is 0 Å². The molecule has 0 fully saturated rings. The Bertz CT molecular complexity index is 447. The Morgan fingerprint density at radius 2 is 2.07 bits per heavy atom. The van der Waals surface area contributed by atoms with Gasteiger partial charge >= 0.3 is 0 Å². The van der Waals surface area contributed by atoms with Crippen LogP contribution in [0.25, 0.3) is 0 Å². The second-order valence-corrected chi connectivity index (χ2v) is 4.74. The summed E-state index contributed by atoms with van der Waals surface area (Å²) in [6.45, 7) is 3.97. The maximum Gasteiger partial charge on any atom is 0.106 e. The number of nitrogens with zero attached hydrogens (tertiary/aromatic N) is 1. The standard InChI is InChI=1S/C12H13NOS/c1-8-3-4-10(6-13-8)12(14)11-5-9(2)15-7-11/h3-7,12,14H,1-2H3. The molecule has 0 aromatic carbocycles. The van der Waals surface area contributed by atoms with E-state index in [0.717, 1.165) is 16.8 Å². The lowest BCUT2D eigenvalue weighted by molar-refractivity contribution is 0.220. The molecule has 0 saturated heterocycles. The number of aryl methyl sites for hydroxylation is 2. The zero-order valence-electron chi connectivity index (χ0n) is 8.77. The number of hydrogen-bond acceptors (Lipinski definition) is 3. The SMILES string of the molecule is Cc1ccc(C(O)c2csc(C)c2)cn1. The predicted octanol–water partition coefficient (Wildman–Crippen LogP) is 2.84. The first kappa shape index (κ1) is 10.3. The first-order valence-electron chi connectivity index (χ1n) is 4.82. The van der Waals surface area contributed by atoms with Crippen LogP contribution in [0.15, 0.2) is 29.8 Å². The summed E-state index contributed by atoms with van der Waals surface area (Å²) in [5.74, 6) is 0. The van der Waals surface area contributed by atoms with E-state index in [2.05, 4.69) is 4.98 Å². The largest absolute Gasteiger partial charge is 0.384 e. The molecule has 1 atom stereocenters. The molecule has 0 radical (unpaired) electrons. The van der Waals surface area contributed by atoms with Crippen LogP contribution in [-0.4, -0.2) is 10.1 Å². The molecule has 0 amide bonds. The summed E-state index contributed by atoms with van der Waals surface area (Å²) in [7, 11) is 0. The summed E-state index contributed by atoms with van der Waals surface area (Å²) in [6.07, 6.45) is 1.18. The Morgan fingerprint density at radius 3 is 2.60 bits per heavy atom. The second kappa shape index (κ2) is 4.13. The molecule has 0 aliphatic rings. The molecule has 1 N–H and O–H groups in total. The van der Waals surface area contributed by atoms with Crippen molar-refractivity contribution in [2.24, 2.45) is 0 Å². The Kier molecular flexibility index (Phi) is 2.84. The van der Waals surface area contributed by atoms with Crippen molar-refractivity contribution in [1.82, 2.24) is 4.98 Å². The fraction of sp³-hybridized carbons (Fsp3) is 0.250. The first-order valence-corrected chi connectivity index (χ1v) is 5.70. The average molecular weight is 219 g/mol. The lowest BCUT2D eigenvalue weighted by Crippen LogP contribution is -1.98. The van der Waals surface area contributed by atoms with E-state index in [1.165, 1.54) is 4.88 Å². The van der Waals surface area contributed by atoms with Crippen LogP contribution >= 0.6 is 11.3 Å². The topological polar surface area (TPSA) is 33.1 Å². The van der Waals surface area contributed by atoms with Gasteiger partial charge in [0.05, 0.1) is 0 Å². The van der Waals surface area contributed by atoms with Gasteiger partial charge in [-0.25, -0.2) is 0 Å². The number of hydrogen-bond donors (Lipinski definition) is 1. The fourth-order valence-corrected chi connectivity index (χ4v) is 2.16. The van der Waals surface area contributed by atoms with Crippen LogP contribution < -0.4 is 0 Å². The van der Waals surface area contributed by atoms with Gasteiger partial charge in [0.15, 0.2) is 0 Å². The Morgan fingerprint density at radius 1 is 1.27 bits per heavy atom. The molecule has 2 nitrogen and oxygen atoms in total. The van der Waals surface area contributed by atoms with Crippen molar-refractivity contribution in [3.05, 3.63) is 51.5 Å². The van der Waals surface area contributed by atoms with Crippen LogP contribution in [0.1, 0.15) is 27.8 Å². The molecule has 2 aromatic rings. The van der Waals surface area contributed by atoms with E-state index in [9.17, 15) is 5.11 Å². The van der Waals surface area contributed by atoms with Gasteiger partial charge in [-0.1, -0.05) is 6.07 Å². The molecule has 0 spiro atoms. The van der Waals surface area contributed by atoms with Crippen molar-refractivity contribution < 1.29 is 5.11 Å². The number of aliphatic hydroxyl groups is 1. The number of aromatic nitrogens is 1. The van der Waals surface area contributed by atoms with Gasteiger partial charge in [-0.2, -0.15) is 0 Å². The summed E-state index contributed by atoms with van der Waals surface area (Å²) in [4.78, 5) is 5.39. The van der Waals surface area contributed by atoms with Gasteiger partial charge in [0, 0.05) is 22.3 Å². The summed E-state index contributed by atoms with van der Waals surface area (Å²) in [5.41, 5.74) is 2.76. The Balaban J connectivity index is 2.28. The lowest BCUT2D eigenvalue weighted by atomic mass is 10.1. The van der Waals surface area contributed by atoms with E-state index in [0.29, 0.717) is 0 Å². The molecule has 78 valence electrons. The molecule has 15 heavy (non-hydrogen) atoms. The van der Waals surface area contributed by atoms with Crippen LogP contribution in [0.5, 0.6) is 0 Å². The van der Waals surface area contributed by atoms with Crippen molar-refractivity contribution in [2.75, 3.05) is 0 Å². The van der Waals surface area contributed by atoms with Gasteiger partial charge in [-0.3, -0.25) is 4.98 Å². The lowest BCUT2D eigenvalue weighted by Gasteiger charge is -2.08. The third-order valence-electron chi connectivity index (χ3n) is 2.32. The highest BCUT2D eigenvalue weighted by Gasteiger charge is 2.11. The van der Waals surface area contributed by atoms with Crippen molar-refractivity contribution in [3.8, 4) is 0 Å². The van der Waals surface area contributed by atoms with Gasteiger partial charge < -0.3 is 5.11 Å². The molecular formula is C12H13NOS. The van der Waals surface area contributed by atoms with Crippen molar-refractivity contribution in [1.29, 1.82) is 0 Å². The molecular weight excluding hydrogens is 206 g/mol. The van der Waals surface area contributed by atoms with Crippen LogP contribution in [0.3, 0.4) is 0 Å². The first-order chi connectivity index (χ1) is 7.16. The number of thiophene rings is 1. The van der Waals surface area contributed by atoms with E-state index < -0.39 is 6.10 Å². The van der Waals surface area contributed by atoms with E-state index in [1.807, 2.05) is 37.4 Å². The quantitative estimate of drug-likeness (QED) is 0.842. The van der Waals surface area contributed by atoms with Gasteiger partial charge in [0.25, 0.3) is 0 Å². The minimum atomic E-state index is -0.553. The molecule has 2 rings (SSSR count). The maximum absolute atomic E-state index is 10.1. The number of pyridine rings is 1. The van der Waals surface area contributed by atoms with Crippen LogP contribution in [0.2, 0.25) is 0 Å². The third kappa shape index (κ3) is 2.25. The zero-order chi connectivity index (χ0) is 10.8. The maximum atomic E-state index is 10.1. The summed E-state index contributed by atoms with van der Waals surface area (Å²) < 4.78 is 0. The van der Waals surface area contributed by atoms with E-state index in [-0.39, 0.29) is 0 Å². The molecule has 0 saturated carbocycles. The van der Waals surface area contributed by atoms with Crippen molar-refractivity contribution in [3.63, 3.8) is 0 Å². The monoisotopic (exact) mass is 219 g/mol. The van der Waals surface area contributed by atoms with Gasteiger partial charge in [-0.05, 0) is 36.9 Å². The average Bonchev–Trinajstić information content (AvgIpc) is 2.65.